The van der Waals surface area contributed by atoms with Gasteiger partial charge in [0.2, 0.25) is 5.95 Å². The number of carbonyl (C=O) groups is 2. The molecule has 0 saturated carbocycles. The van der Waals surface area contributed by atoms with Crippen LogP contribution in [0.1, 0.15) is 57.2 Å². The topological polar surface area (TPSA) is 86.6 Å². The predicted octanol–water partition coefficient (Wildman–Crippen LogP) is 6.33. The summed E-state index contributed by atoms with van der Waals surface area (Å²) in [5.74, 6) is -0.841. The molecule has 0 spiro atoms. The van der Waals surface area contributed by atoms with E-state index >= 15 is 0 Å². The van der Waals surface area contributed by atoms with Gasteiger partial charge in [-0.25, -0.2) is 9.97 Å². The molecule has 0 bridgehead atoms. The molecule has 8 heteroatoms. The van der Waals surface area contributed by atoms with E-state index in [0.29, 0.717) is 41.5 Å². The van der Waals surface area contributed by atoms with Crippen LogP contribution in [0, 0.1) is 6.92 Å². The number of halogens is 1. The van der Waals surface area contributed by atoms with Gasteiger partial charge in [0.05, 0.1) is 17.3 Å². The SMILES string of the molecule is Cc1ccccc1CCc1nc(N2CCC[C@H]2c2ccc(Cl)cc2)ncc1C(=O)N(CCc1ccccc1)CC(=O)O. The first kappa shape index (κ1) is 29.3. The summed E-state index contributed by atoms with van der Waals surface area (Å²) in [6, 6.07) is 25.9. The van der Waals surface area contributed by atoms with Gasteiger partial charge in [-0.15, -0.1) is 0 Å². The molecular formula is C34H35ClN4O3. The molecule has 2 heterocycles. The zero-order valence-corrected chi connectivity index (χ0v) is 24.5. The Morgan fingerprint density at radius 3 is 2.45 bits per heavy atom. The average Bonchev–Trinajstić information content (AvgIpc) is 3.49. The van der Waals surface area contributed by atoms with Gasteiger partial charge in [0.15, 0.2) is 0 Å². The van der Waals surface area contributed by atoms with Crippen molar-refractivity contribution < 1.29 is 14.7 Å². The van der Waals surface area contributed by atoms with Crippen LogP contribution >= 0.6 is 11.6 Å². The number of carboxylic acids is 1. The molecule has 1 N–H and O–H groups in total. The third kappa shape index (κ3) is 7.15. The molecule has 0 radical (unpaired) electrons. The zero-order valence-electron chi connectivity index (χ0n) is 23.7. The molecule has 7 nitrogen and oxygen atoms in total. The van der Waals surface area contributed by atoms with Crippen LogP contribution in [0.15, 0.2) is 85.1 Å². The Hall–Kier alpha value is -4.23. The summed E-state index contributed by atoms with van der Waals surface area (Å²) < 4.78 is 0. The van der Waals surface area contributed by atoms with E-state index in [0.717, 1.165) is 30.5 Å². The zero-order chi connectivity index (χ0) is 29.5. The Kier molecular flexibility index (Phi) is 9.49. The van der Waals surface area contributed by atoms with E-state index in [1.54, 1.807) is 6.20 Å². The fourth-order valence-corrected chi connectivity index (χ4v) is 5.72. The van der Waals surface area contributed by atoms with Crippen LogP contribution in [0.5, 0.6) is 0 Å². The number of aromatic nitrogens is 2. The van der Waals surface area contributed by atoms with Gasteiger partial charge in [0, 0.05) is 24.3 Å². The van der Waals surface area contributed by atoms with E-state index in [-0.39, 0.29) is 18.5 Å². The van der Waals surface area contributed by atoms with Crippen LogP contribution in [0.2, 0.25) is 5.02 Å². The summed E-state index contributed by atoms with van der Waals surface area (Å²) in [6.45, 7) is 2.76. The van der Waals surface area contributed by atoms with Crippen LogP contribution in [0.25, 0.3) is 0 Å². The summed E-state index contributed by atoms with van der Waals surface area (Å²) >= 11 is 6.14. The maximum Gasteiger partial charge on any atom is 0.323 e. The lowest BCUT2D eigenvalue weighted by atomic mass is 10.0. The molecule has 3 aromatic carbocycles. The fraction of sp³-hybridized carbons (Fsp3) is 0.294. The van der Waals surface area contributed by atoms with Gasteiger partial charge in [0.1, 0.15) is 6.54 Å². The van der Waals surface area contributed by atoms with Crippen molar-refractivity contribution in [2.24, 2.45) is 0 Å². The Morgan fingerprint density at radius 2 is 1.71 bits per heavy atom. The molecule has 0 aliphatic carbocycles. The van der Waals surface area contributed by atoms with Gasteiger partial charge in [-0.3, -0.25) is 9.59 Å². The molecule has 1 aliphatic rings. The number of carbonyl (C=O) groups excluding carboxylic acids is 1. The highest BCUT2D eigenvalue weighted by Crippen LogP contribution is 2.35. The van der Waals surface area contributed by atoms with Crippen molar-refractivity contribution in [3.63, 3.8) is 0 Å². The van der Waals surface area contributed by atoms with Crippen LogP contribution in [0.4, 0.5) is 5.95 Å². The predicted molar refractivity (Wildman–Crippen MR) is 165 cm³/mol. The minimum atomic E-state index is -1.06. The van der Waals surface area contributed by atoms with Crippen molar-refractivity contribution in [2.75, 3.05) is 24.5 Å². The quantitative estimate of drug-likeness (QED) is 0.222. The summed E-state index contributed by atoms with van der Waals surface area (Å²) in [5.41, 5.74) is 5.53. The summed E-state index contributed by atoms with van der Waals surface area (Å²) in [4.78, 5) is 38.9. The molecular weight excluding hydrogens is 548 g/mol. The van der Waals surface area contributed by atoms with Crippen LogP contribution in [-0.4, -0.2) is 51.5 Å². The van der Waals surface area contributed by atoms with Gasteiger partial charge in [-0.1, -0.05) is 78.3 Å². The molecule has 42 heavy (non-hydrogen) atoms. The number of nitrogens with zero attached hydrogens (tertiary/aromatic N) is 4. The standard InChI is InChI=1S/C34H35ClN4O3/c1-24-8-5-6-11-26(24)15-18-30-29(33(42)38(23-32(40)41)21-19-25-9-3-2-4-10-25)22-36-34(37-30)39-20-7-12-31(39)27-13-16-28(35)17-14-27/h2-6,8-11,13-14,16-17,22,31H,7,12,15,18-21,23H2,1H3,(H,40,41)/t31-/m0/s1. The first-order chi connectivity index (χ1) is 20.4. The molecule has 1 aromatic heterocycles. The van der Waals surface area contributed by atoms with Crippen molar-refractivity contribution in [1.82, 2.24) is 14.9 Å². The Morgan fingerprint density at radius 1 is 0.976 bits per heavy atom. The normalized spacial score (nSPS) is 14.6. The van der Waals surface area contributed by atoms with Crippen molar-refractivity contribution in [1.29, 1.82) is 0 Å². The molecule has 1 aliphatic heterocycles. The monoisotopic (exact) mass is 582 g/mol. The highest BCUT2D eigenvalue weighted by Gasteiger charge is 2.30. The van der Waals surface area contributed by atoms with Gasteiger partial charge < -0.3 is 14.9 Å². The number of aryl methyl sites for hydroxylation is 3. The molecule has 5 rings (SSSR count). The van der Waals surface area contributed by atoms with E-state index < -0.39 is 12.5 Å². The number of rotatable bonds is 11. The van der Waals surface area contributed by atoms with Crippen molar-refractivity contribution >= 4 is 29.4 Å². The average molecular weight is 583 g/mol. The third-order valence-corrected chi connectivity index (χ3v) is 8.12. The van der Waals surface area contributed by atoms with Gasteiger partial charge >= 0.3 is 5.97 Å². The molecule has 216 valence electrons. The Bertz CT molecular complexity index is 1530. The van der Waals surface area contributed by atoms with Crippen LogP contribution < -0.4 is 4.90 Å². The molecule has 1 amide bonds. The number of benzene rings is 3. The molecule has 1 fully saturated rings. The maximum atomic E-state index is 13.9. The van der Waals surface area contributed by atoms with Gasteiger partial charge in [-0.05, 0) is 73.4 Å². The summed E-state index contributed by atoms with van der Waals surface area (Å²) in [6.07, 6.45) is 5.34. The minimum absolute atomic E-state index is 0.113. The van der Waals surface area contributed by atoms with Crippen molar-refractivity contribution in [2.45, 2.75) is 45.1 Å². The van der Waals surface area contributed by atoms with E-state index in [2.05, 4.69) is 28.9 Å². The highest BCUT2D eigenvalue weighted by atomic mass is 35.5. The number of amides is 1. The number of hydrogen-bond donors (Lipinski definition) is 1. The lowest BCUT2D eigenvalue weighted by Gasteiger charge is -2.27. The van der Waals surface area contributed by atoms with Gasteiger partial charge in [-0.2, -0.15) is 0 Å². The first-order valence-electron chi connectivity index (χ1n) is 14.4. The second-order valence-corrected chi connectivity index (χ2v) is 11.2. The largest absolute Gasteiger partial charge is 0.480 e. The third-order valence-electron chi connectivity index (χ3n) is 7.87. The number of hydrogen-bond acceptors (Lipinski definition) is 5. The van der Waals surface area contributed by atoms with E-state index in [1.165, 1.54) is 16.0 Å². The van der Waals surface area contributed by atoms with Crippen LogP contribution in [0.3, 0.4) is 0 Å². The highest BCUT2D eigenvalue weighted by molar-refractivity contribution is 6.30. The van der Waals surface area contributed by atoms with Crippen molar-refractivity contribution in [3.8, 4) is 0 Å². The van der Waals surface area contributed by atoms with Gasteiger partial charge in [0.25, 0.3) is 5.91 Å². The molecule has 1 saturated heterocycles. The number of anilines is 1. The van der Waals surface area contributed by atoms with E-state index in [4.69, 9.17) is 16.6 Å². The summed E-state index contributed by atoms with van der Waals surface area (Å²) in [5, 5.41) is 10.3. The number of aliphatic carboxylic acids is 1. The minimum Gasteiger partial charge on any atom is -0.480 e. The molecule has 1 atom stereocenters. The molecule has 4 aromatic rings. The van der Waals surface area contributed by atoms with E-state index in [9.17, 15) is 14.7 Å². The fourth-order valence-electron chi connectivity index (χ4n) is 5.59. The Balaban J connectivity index is 1.46. The number of carboxylic acid groups (broad SMARTS) is 1. The second kappa shape index (κ2) is 13.6. The summed E-state index contributed by atoms with van der Waals surface area (Å²) in [7, 11) is 0. The van der Waals surface area contributed by atoms with Crippen LogP contribution in [-0.2, 0) is 24.1 Å². The lowest BCUT2D eigenvalue weighted by Crippen LogP contribution is -2.38. The maximum absolute atomic E-state index is 13.9. The lowest BCUT2D eigenvalue weighted by molar-refractivity contribution is -0.137. The van der Waals surface area contributed by atoms with E-state index in [1.807, 2.05) is 66.7 Å². The second-order valence-electron chi connectivity index (χ2n) is 10.7. The molecule has 0 unspecified atom stereocenters. The first-order valence-corrected chi connectivity index (χ1v) is 14.7. The Labute approximate surface area is 251 Å². The van der Waals surface area contributed by atoms with Crippen molar-refractivity contribution in [3.05, 3.63) is 124 Å². The smallest absolute Gasteiger partial charge is 0.323 e.